The minimum Gasteiger partial charge on any atom is -0.399 e. The van der Waals surface area contributed by atoms with Gasteiger partial charge in [0.15, 0.2) is 5.75 Å². The van der Waals surface area contributed by atoms with E-state index in [1.807, 2.05) is 0 Å². The van der Waals surface area contributed by atoms with Crippen LogP contribution in [0.25, 0.3) is 0 Å². The fraction of sp³-hybridized carbons (Fsp3) is 0.211. The Hall–Kier alpha value is -2.94. The van der Waals surface area contributed by atoms with Gasteiger partial charge >= 0.3 is 6.18 Å². The lowest BCUT2D eigenvalue weighted by Crippen LogP contribution is -2.28. The Kier molecular flexibility index (Phi) is 7.11. The van der Waals surface area contributed by atoms with E-state index in [4.69, 9.17) is 21.9 Å². The SMILES string of the molecule is CNC(=S)C(=NOC)c1ccccc1C(C)=NOc1cccc(C(F)(F)F)c1. The van der Waals surface area contributed by atoms with E-state index in [9.17, 15) is 13.2 Å². The van der Waals surface area contributed by atoms with Crippen LogP contribution in [0.2, 0.25) is 0 Å². The van der Waals surface area contributed by atoms with Gasteiger partial charge in [0.2, 0.25) is 0 Å². The number of rotatable bonds is 6. The van der Waals surface area contributed by atoms with Gasteiger partial charge in [0.05, 0.1) is 11.3 Å². The van der Waals surface area contributed by atoms with Gasteiger partial charge in [0, 0.05) is 18.2 Å². The molecule has 0 aliphatic carbocycles. The number of nitrogens with zero attached hydrogens (tertiary/aromatic N) is 2. The lowest BCUT2D eigenvalue weighted by Gasteiger charge is -2.12. The van der Waals surface area contributed by atoms with Crippen molar-refractivity contribution in [1.29, 1.82) is 0 Å². The first kappa shape index (κ1) is 21.4. The fourth-order valence-electron chi connectivity index (χ4n) is 2.33. The van der Waals surface area contributed by atoms with E-state index in [0.717, 1.165) is 12.1 Å². The maximum atomic E-state index is 12.8. The molecule has 0 aliphatic heterocycles. The predicted octanol–water partition coefficient (Wildman–Crippen LogP) is 4.41. The minimum absolute atomic E-state index is 0.0248. The summed E-state index contributed by atoms with van der Waals surface area (Å²) in [7, 11) is 3.06. The van der Waals surface area contributed by atoms with E-state index in [2.05, 4.69) is 15.6 Å². The van der Waals surface area contributed by atoms with Crippen molar-refractivity contribution in [2.24, 2.45) is 10.3 Å². The lowest BCUT2D eigenvalue weighted by molar-refractivity contribution is -0.137. The first-order valence-electron chi connectivity index (χ1n) is 8.09. The number of hydrogen-bond donors (Lipinski definition) is 1. The monoisotopic (exact) mass is 409 g/mol. The van der Waals surface area contributed by atoms with E-state index in [1.165, 1.54) is 19.2 Å². The van der Waals surface area contributed by atoms with Crippen LogP contribution in [0.4, 0.5) is 13.2 Å². The molecule has 2 aromatic carbocycles. The third-order valence-electron chi connectivity index (χ3n) is 3.65. The Balaban J connectivity index is 2.36. The molecule has 0 aliphatic rings. The van der Waals surface area contributed by atoms with Gasteiger partial charge in [-0.15, -0.1) is 0 Å². The molecule has 0 bridgehead atoms. The van der Waals surface area contributed by atoms with E-state index < -0.39 is 11.7 Å². The molecule has 0 unspecified atom stereocenters. The highest BCUT2D eigenvalue weighted by atomic mass is 32.1. The van der Waals surface area contributed by atoms with E-state index in [1.54, 1.807) is 38.2 Å². The second-order valence-electron chi connectivity index (χ2n) is 5.54. The molecule has 9 heteroatoms. The van der Waals surface area contributed by atoms with Gasteiger partial charge < -0.3 is 15.0 Å². The van der Waals surface area contributed by atoms with E-state index >= 15 is 0 Å². The molecule has 2 rings (SSSR count). The first-order valence-corrected chi connectivity index (χ1v) is 8.50. The first-order chi connectivity index (χ1) is 13.3. The molecule has 2 aromatic rings. The second kappa shape index (κ2) is 9.32. The van der Waals surface area contributed by atoms with Crippen molar-refractivity contribution >= 4 is 28.6 Å². The molecule has 0 saturated carbocycles. The highest BCUT2D eigenvalue weighted by molar-refractivity contribution is 7.82. The Morgan fingerprint density at radius 2 is 1.71 bits per heavy atom. The van der Waals surface area contributed by atoms with Crippen molar-refractivity contribution < 1.29 is 22.8 Å². The third-order valence-corrected chi connectivity index (χ3v) is 4.04. The Morgan fingerprint density at radius 1 is 1.04 bits per heavy atom. The Labute approximate surface area is 165 Å². The predicted molar refractivity (Wildman–Crippen MR) is 106 cm³/mol. The number of likely N-dealkylation sites (N-methyl/N-ethyl adjacent to an activating group) is 1. The van der Waals surface area contributed by atoms with Crippen molar-refractivity contribution in [3.63, 3.8) is 0 Å². The quantitative estimate of drug-likeness (QED) is 0.436. The highest BCUT2D eigenvalue weighted by Gasteiger charge is 2.30. The molecular weight excluding hydrogens is 391 g/mol. The second-order valence-corrected chi connectivity index (χ2v) is 5.95. The van der Waals surface area contributed by atoms with Crippen LogP contribution in [0.1, 0.15) is 23.6 Å². The lowest BCUT2D eigenvalue weighted by atomic mass is 10.00. The molecule has 0 fully saturated rings. The third kappa shape index (κ3) is 5.29. The molecular formula is C19H18F3N3O2S. The molecule has 5 nitrogen and oxygen atoms in total. The number of alkyl halides is 3. The van der Waals surface area contributed by atoms with Crippen LogP contribution in [0, 0.1) is 0 Å². The average Bonchev–Trinajstić information content (AvgIpc) is 2.69. The number of nitrogens with one attached hydrogen (secondary N) is 1. The van der Waals surface area contributed by atoms with Crippen molar-refractivity contribution in [3.05, 3.63) is 65.2 Å². The van der Waals surface area contributed by atoms with Gasteiger partial charge in [-0.2, -0.15) is 13.2 Å². The largest absolute Gasteiger partial charge is 0.416 e. The van der Waals surface area contributed by atoms with Gasteiger partial charge in [-0.25, -0.2) is 0 Å². The minimum atomic E-state index is -4.46. The normalized spacial score (nSPS) is 12.5. The summed E-state index contributed by atoms with van der Waals surface area (Å²) >= 11 is 5.26. The molecule has 0 atom stereocenters. The van der Waals surface area contributed by atoms with Crippen molar-refractivity contribution in [2.75, 3.05) is 14.2 Å². The Morgan fingerprint density at radius 3 is 2.32 bits per heavy atom. The summed E-state index contributed by atoms with van der Waals surface area (Å²) in [6.45, 7) is 1.67. The van der Waals surface area contributed by atoms with Crippen LogP contribution in [-0.2, 0) is 11.0 Å². The average molecular weight is 409 g/mol. The van der Waals surface area contributed by atoms with E-state index in [0.29, 0.717) is 27.5 Å². The van der Waals surface area contributed by atoms with Crippen LogP contribution < -0.4 is 10.2 Å². The number of thiocarbonyl (C=S) groups is 1. The molecule has 0 spiro atoms. The number of oxime groups is 2. The molecule has 28 heavy (non-hydrogen) atoms. The standard InChI is InChI=1S/C19H18F3N3O2S/c1-12(24-27-14-8-6-7-13(11-14)19(20,21)22)15-9-4-5-10-16(15)17(25-26-3)18(28)23-2/h4-11H,1-3H3,(H,23,28). The maximum Gasteiger partial charge on any atom is 0.416 e. The van der Waals surface area contributed by atoms with E-state index in [-0.39, 0.29) is 5.75 Å². The van der Waals surface area contributed by atoms with Crippen LogP contribution in [0.15, 0.2) is 58.8 Å². The van der Waals surface area contributed by atoms with Crippen LogP contribution in [0.3, 0.4) is 0 Å². The Bertz CT molecular complexity index is 911. The molecule has 1 N–H and O–H groups in total. The summed E-state index contributed by atoms with van der Waals surface area (Å²) in [5.74, 6) is -0.0248. The molecule has 0 heterocycles. The molecule has 0 radical (unpaired) electrons. The molecule has 0 saturated heterocycles. The summed E-state index contributed by atoms with van der Waals surface area (Å²) in [5, 5.41) is 10.8. The summed E-state index contributed by atoms with van der Waals surface area (Å²) in [6, 6.07) is 11.6. The van der Waals surface area contributed by atoms with Crippen molar-refractivity contribution in [3.8, 4) is 5.75 Å². The molecule has 148 valence electrons. The van der Waals surface area contributed by atoms with Gasteiger partial charge in [0.1, 0.15) is 17.8 Å². The maximum absolute atomic E-state index is 12.8. The van der Waals surface area contributed by atoms with Gasteiger partial charge in [-0.3, -0.25) is 0 Å². The zero-order valence-electron chi connectivity index (χ0n) is 15.4. The van der Waals surface area contributed by atoms with Crippen LogP contribution in [0.5, 0.6) is 5.75 Å². The smallest absolute Gasteiger partial charge is 0.399 e. The summed E-state index contributed by atoms with van der Waals surface area (Å²) < 4.78 is 38.5. The number of hydrogen-bond acceptors (Lipinski definition) is 5. The zero-order valence-corrected chi connectivity index (χ0v) is 16.2. The molecule has 0 amide bonds. The van der Waals surface area contributed by atoms with Gasteiger partial charge in [0.25, 0.3) is 0 Å². The number of benzene rings is 2. The summed E-state index contributed by atoms with van der Waals surface area (Å²) in [5.41, 5.74) is 1.28. The van der Waals surface area contributed by atoms with Crippen molar-refractivity contribution in [1.82, 2.24) is 5.32 Å². The summed E-state index contributed by atoms with van der Waals surface area (Å²) in [4.78, 5) is 10.4. The van der Waals surface area contributed by atoms with Gasteiger partial charge in [-0.1, -0.05) is 52.9 Å². The highest BCUT2D eigenvalue weighted by Crippen LogP contribution is 2.31. The van der Waals surface area contributed by atoms with Crippen molar-refractivity contribution in [2.45, 2.75) is 13.1 Å². The summed E-state index contributed by atoms with van der Waals surface area (Å²) in [6.07, 6.45) is -4.46. The number of halogens is 3. The molecule has 0 aromatic heterocycles. The fourth-order valence-corrected chi connectivity index (χ4v) is 2.47. The van der Waals surface area contributed by atoms with Crippen LogP contribution >= 0.6 is 12.2 Å². The van der Waals surface area contributed by atoms with Gasteiger partial charge in [-0.05, 0) is 25.1 Å². The topological polar surface area (TPSA) is 55.2 Å². The van der Waals surface area contributed by atoms with Crippen LogP contribution in [-0.4, -0.2) is 30.6 Å². The zero-order chi connectivity index (χ0) is 20.7.